The molecular formula is C25H19Cl2N5O3S. The Morgan fingerprint density at radius 2 is 1.89 bits per heavy atom. The van der Waals surface area contributed by atoms with Gasteiger partial charge in [0, 0.05) is 21.2 Å². The third-order valence-electron chi connectivity index (χ3n) is 5.29. The fraction of sp³-hybridized carbons (Fsp3) is 0.160. The molecular weight excluding hydrogens is 521 g/mol. The number of nitriles is 1. The maximum absolute atomic E-state index is 11.5. The van der Waals surface area contributed by atoms with Crippen LogP contribution in [0.5, 0.6) is 5.75 Å². The first-order valence-electron chi connectivity index (χ1n) is 10.7. The summed E-state index contributed by atoms with van der Waals surface area (Å²) in [6.45, 7) is 1.63. The zero-order valence-corrected chi connectivity index (χ0v) is 21.3. The number of benzene rings is 3. The van der Waals surface area contributed by atoms with Crippen LogP contribution in [-0.4, -0.2) is 26.2 Å². The van der Waals surface area contributed by atoms with E-state index in [1.54, 1.807) is 42.5 Å². The number of hydrogen-bond acceptors (Lipinski definition) is 7. The highest BCUT2D eigenvalue weighted by Gasteiger charge is 2.24. The molecule has 8 nitrogen and oxygen atoms in total. The van der Waals surface area contributed by atoms with E-state index in [1.165, 1.54) is 11.8 Å². The predicted molar refractivity (Wildman–Crippen MR) is 139 cm³/mol. The molecule has 1 aromatic heterocycles. The van der Waals surface area contributed by atoms with Crippen molar-refractivity contribution in [1.82, 2.24) is 14.8 Å². The van der Waals surface area contributed by atoms with Crippen LogP contribution in [0.15, 0.2) is 71.9 Å². The number of thioether (sulfide) groups is 1. The highest BCUT2D eigenvalue weighted by molar-refractivity contribution is 7.99. The number of ether oxygens (including phenoxy) is 1. The molecule has 0 saturated heterocycles. The molecule has 0 unspecified atom stereocenters. The Balaban J connectivity index is 1.58. The summed E-state index contributed by atoms with van der Waals surface area (Å²) in [6.07, 6.45) is 0. The normalized spacial score (nSPS) is 11.6. The van der Waals surface area contributed by atoms with Gasteiger partial charge >= 0.3 is 0 Å². The van der Waals surface area contributed by atoms with Crippen molar-refractivity contribution >= 4 is 35.0 Å². The van der Waals surface area contributed by atoms with Gasteiger partial charge in [-0.05, 0) is 55.0 Å². The highest BCUT2D eigenvalue weighted by atomic mass is 35.5. The number of rotatable bonds is 9. The van der Waals surface area contributed by atoms with E-state index in [4.69, 9.17) is 27.9 Å². The highest BCUT2D eigenvalue weighted by Crippen LogP contribution is 2.39. The van der Waals surface area contributed by atoms with E-state index < -0.39 is 5.25 Å². The molecule has 0 bridgehead atoms. The number of nitrogens with zero attached hydrogens (tertiary/aromatic N) is 5. The standard InChI is InChI=1S/C25H19Cl2N5O3S/c1-16-29-30-25(32(16)21-9-7-20(26)8-10-21)36-24(14-31(33)34)17-6-11-23(22(27)12-17)35-15-19-5-3-2-4-18(19)13-28/h2-12,24H,14-15H2,1H3/t24-/m1/s1. The second kappa shape index (κ2) is 11.4. The Labute approximate surface area is 221 Å². The molecule has 0 radical (unpaired) electrons. The molecule has 4 aromatic rings. The maximum Gasteiger partial charge on any atom is 0.220 e. The number of aryl methyl sites for hydroxylation is 1. The van der Waals surface area contributed by atoms with Crippen LogP contribution in [-0.2, 0) is 6.61 Å². The largest absolute Gasteiger partial charge is 0.487 e. The van der Waals surface area contributed by atoms with E-state index in [0.717, 1.165) is 11.3 Å². The number of nitro groups is 1. The molecule has 1 atom stereocenters. The quantitative estimate of drug-likeness (QED) is 0.137. The number of hydrogen-bond donors (Lipinski definition) is 0. The van der Waals surface area contributed by atoms with Crippen molar-refractivity contribution in [3.05, 3.63) is 109 Å². The summed E-state index contributed by atoms with van der Waals surface area (Å²) in [4.78, 5) is 11.1. The first-order chi connectivity index (χ1) is 17.4. The minimum atomic E-state index is -0.583. The molecule has 11 heteroatoms. The lowest BCUT2D eigenvalue weighted by molar-refractivity contribution is -0.479. The van der Waals surface area contributed by atoms with Crippen LogP contribution < -0.4 is 4.74 Å². The smallest absolute Gasteiger partial charge is 0.220 e. The van der Waals surface area contributed by atoms with Gasteiger partial charge in [-0.3, -0.25) is 14.7 Å². The summed E-state index contributed by atoms with van der Waals surface area (Å²) >= 11 is 13.7. The van der Waals surface area contributed by atoms with Gasteiger partial charge in [0.2, 0.25) is 6.54 Å². The lowest BCUT2D eigenvalue weighted by atomic mass is 10.1. The second-order valence-electron chi connectivity index (χ2n) is 7.71. The van der Waals surface area contributed by atoms with Gasteiger partial charge in [-0.15, -0.1) is 10.2 Å². The summed E-state index contributed by atoms with van der Waals surface area (Å²) in [5.41, 5.74) is 2.70. The Morgan fingerprint density at radius 3 is 2.58 bits per heavy atom. The Hall–Kier alpha value is -3.58. The van der Waals surface area contributed by atoms with Crippen molar-refractivity contribution in [1.29, 1.82) is 5.26 Å². The summed E-state index contributed by atoms with van der Waals surface area (Å²) in [6, 6.07) is 21.5. The molecule has 182 valence electrons. The predicted octanol–water partition coefficient (Wildman–Crippen LogP) is 6.44. The SMILES string of the molecule is Cc1nnc(S[C@H](C[N+](=O)[O-])c2ccc(OCc3ccccc3C#N)c(Cl)c2)n1-c1ccc(Cl)cc1. The van der Waals surface area contributed by atoms with Crippen LogP contribution in [0, 0.1) is 28.4 Å². The van der Waals surface area contributed by atoms with E-state index in [1.807, 2.05) is 35.8 Å². The van der Waals surface area contributed by atoms with E-state index in [0.29, 0.717) is 37.9 Å². The van der Waals surface area contributed by atoms with Crippen LogP contribution >= 0.6 is 35.0 Å². The van der Waals surface area contributed by atoms with Gasteiger partial charge in [0.15, 0.2) is 5.16 Å². The molecule has 3 aromatic carbocycles. The first-order valence-corrected chi connectivity index (χ1v) is 12.4. The van der Waals surface area contributed by atoms with Gasteiger partial charge in [-0.2, -0.15) is 5.26 Å². The molecule has 0 fully saturated rings. The second-order valence-corrected chi connectivity index (χ2v) is 9.72. The van der Waals surface area contributed by atoms with Crippen LogP contribution in [0.1, 0.15) is 27.8 Å². The third kappa shape index (κ3) is 5.97. The minimum Gasteiger partial charge on any atom is -0.487 e. The average Bonchev–Trinajstić information content (AvgIpc) is 3.23. The zero-order chi connectivity index (χ0) is 25.7. The fourth-order valence-corrected chi connectivity index (χ4v) is 5.06. The van der Waals surface area contributed by atoms with Gasteiger partial charge < -0.3 is 4.74 Å². The summed E-state index contributed by atoms with van der Waals surface area (Å²) in [7, 11) is 0. The van der Waals surface area contributed by atoms with E-state index in [2.05, 4.69) is 16.3 Å². The maximum atomic E-state index is 11.5. The number of aromatic nitrogens is 3. The lowest BCUT2D eigenvalue weighted by Gasteiger charge is -2.16. The van der Waals surface area contributed by atoms with Crippen LogP contribution in [0.2, 0.25) is 10.0 Å². The molecule has 1 heterocycles. The van der Waals surface area contributed by atoms with Gasteiger partial charge in [0.1, 0.15) is 23.4 Å². The molecule has 0 spiro atoms. The molecule has 0 aliphatic carbocycles. The average molecular weight is 540 g/mol. The van der Waals surface area contributed by atoms with Crippen molar-refractivity contribution in [3.8, 4) is 17.5 Å². The van der Waals surface area contributed by atoms with E-state index in [9.17, 15) is 15.4 Å². The van der Waals surface area contributed by atoms with Crippen LogP contribution in [0.4, 0.5) is 0 Å². The molecule has 36 heavy (non-hydrogen) atoms. The van der Waals surface area contributed by atoms with E-state index in [-0.39, 0.29) is 18.1 Å². The Kier molecular flexibility index (Phi) is 8.10. The summed E-state index contributed by atoms with van der Waals surface area (Å²) in [5.74, 6) is 1.05. The van der Waals surface area contributed by atoms with Crippen LogP contribution in [0.3, 0.4) is 0 Å². The molecule has 0 saturated carbocycles. The van der Waals surface area contributed by atoms with E-state index >= 15 is 0 Å². The fourth-order valence-electron chi connectivity index (χ4n) is 3.53. The van der Waals surface area contributed by atoms with Gasteiger partial charge in [0.25, 0.3) is 0 Å². The van der Waals surface area contributed by atoms with Crippen molar-refractivity contribution in [3.63, 3.8) is 0 Å². The monoisotopic (exact) mass is 539 g/mol. The molecule has 0 N–H and O–H groups in total. The Morgan fingerprint density at radius 1 is 1.14 bits per heavy atom. The van der Waals surface area contributed by atoms with Crippen molar-refractivity contribution < 1.29 is 9.66 Å². The van der Waals surface area contributed by atoms with Crippen LogP contribution in [0.25, 0.3) is 5.69 Å². The van der Waals surface area contributed by atoms with Gasteiger partial charge in [0.05, 0.1) is 16.7 Å². The van der Waals surface area contributed by atoms with Crippen molar-refractivity contribution in [2.75, 3.05) is 6.54 Å². The molecule has 0 aliphatic heterocycles. The van der Waals surface area contributed by atoms with Crippen molar-refractivity contribution in [2.45, 2.75) is 23.9 Å². The number of halogens is 2. The molecule has 4 rings (SSSR count). The first kappa shape index (κ1) is 25.5. The topological polar surface area (TPSA) is 107 Å². The van der Waals surface area contributed by atoms with Gasteiger partial charge in [-0.1, -0.05) is 59.2 Å². The minimum absolute atomic E-state index is 0.166. The van der Waals surface area contributed by atoms with Gasteiger partial charge in [-0.25, -0.2) is 0 Å². The Bertz CT molecular complexity index is 1440. The molecule has 0 amide bonds. The molecule has 0 aliphatic rings. The third-order valence-corrected chi connectivity index (χ3v) is 7.02. The summed E-state index contributed by atoms with van der Waals surface area (Å²) in [5, 5.41) is 30.0. The van der Waals surface area contributed by atoms with Crippen molar-refractivity contribution in [2.24, 2.45) is 0 Å². The summed E-state index contributed by atoms with van der Waals surface area (Å²) < 4.78 is 7.65. The lowest BCUT2D eigenvalue weighted by Crippen LogP contribution is -2.11. The zero-order valence-electron chi connectivity index (χ0n) is 19.0.